The molecule has 6 heteroatoms. The molecule has 0 bridgehead atoms. The fourth-order valence-electron chi connectivity index (χ4n) is 4.52. The Morgan fingerprint density at radius 3 is 2.61 bits per heavy atom. The lowest BCUT2D eigenvalue weighted by molar-refractivity contribution is -0.120. The molecule has 28 heavy (non-hydrogen) atoms. The predicted molar refractivity (Wildman–Crippen MR) is 106 cm³/mol. The highest BCUT2D eigenvalue weighted by Gasteiger charge is 2.47. The fraction of sp³-hybridized carbons (Fsp3) is 0.409. The van der Waals surface area contributed by atoms with Gasteiger partial charge in [-0.2, -0.15) is 0 Å². The molecule has 3 unspecified atom stereocenters. The zero-order chi connectivity index (χ0) is 19.5. The number of anilines is 1. The van der Waals surface area contributed by atoms with Gasteiger partial charge in [0.2, 0.25) is 11.8 Å². The van der Waals surface area contributed by atoms with Gasteiger partial charge in [0, 0.05) is 17.7 Å². The summed E-state index contributed by atoms with van der Waals surface area (Å²) < 4.78 is 5.06. The van der Waals surface area contributed by atoms with Crippen LogP contribution in [0.5, 0.6) is 5.88 Å². The first kappa shape index (κ1) is 18.5. The Hall–Kier alpha value is -2.89. The normalized spacial score (nSPS) is 23.8. The molecule has 1 aromatic heterocycles. The van der Waals surface area contributed by atoms with Gasteiger partial charge < -0.3 is 15.0 Å². The monoisotopic (exact) mass is 379 g/mol. The number of nitrogens with one attached hydrogen (secondary N) is 1. The number of rotatable bonds is 4. The molecule has 0 spiro atoms. The maximum Gasteiger partial charge on any atom is 0.254 e. The number of pyridine rings is 1. The number of ether oxygens (including phenoxy) is 1. The average Bonchev–Trinajstić information content (AvgIpc) is 3.14. The van der Waals surface area contributed by atoms with E-state index >= 15 is 0 Å². The van der Waals surface area contributed by atoms with Crippen LogP contribution in [0.2, 0.25) is 0 Å². The number of likely N-dealkylation sites (tertiary alicyclic amines) is 1. The number of hydrogen-bond donors (Lipinski definition) is 1. The molecule has 1 aromatic carbocycles. The Balaban J connectivity index is 1.57. The smallest absolute Gasteiger partial charge is 0.254 e. The Labute approximate surface area is 164 Å². The molecule has 2 aromatic rings. The fourth-order valence-corrected chi connectivity index (χ4v) is 4.52. The van der Waals surface area contributed by atoms with Crippen LogP contribution in [0.15, 0.2) is 48.7 Å². The van der Waals surface area contributed by atoms with Crippen molar-refractivity contribution in [1.82, 2.24) is 9.88 Å². The van der Waals surface area contributed by atoms with Gasteiger partial charge in [0.25, 0.3) is 5.91 Å². The van der Waals surface area contributed by atoms with Crippen LogP contribution >= 0.6 is 0 Å². The molecule has 1 aliphatic heterocycles. The van der Waals surface area contributed by atoms with Gasteiger partial charge >= 0.3 is 0 Å². The number of methoxy groups -OCH3 is 1. The van der Waals surface area contributed by atoms with Crippen molar-refractivity contribution in [3.05, 3.63) is 54.2 Å². The molecule has 3 atom stereocenters. The molecular weight excluding hydrogens is 354 g/mol. The summed E-state index contributed by atoms with van der Waals surface area (Å²) in [6.07, 6.45) is 6.62. The van der Waals surface area contributed by atoms with E-state index in [9.17, 15) is 9.59 Å². The van der Waals surface area contributed by atoms with Gasteiger partial charge in [-0.05, 0) is 43.4 Å². The molecule has 2 aliphatic rings. The van der Waals surface area contributed by atoms with Crippen molar-refractivity contribution in [2.24, 2.45) is 5.92 Å². The standard InChI is InChI=1S/C22H25N3O3/c1-28-20-12-11-17(14-23-20)24-21(26)19-13-16-9-5-6-10-18(16)25(19)22(27)15-7-3-2-4-8-15/h2-4,7-8,11-12,14,16,18-19H,5-6,9-10,13H2,1H3,(H,24,26). The number of carbonyl (C=O) groups excluding carboxylic acids is 2. The highest BCUT2D eigenvalue weighted by atomic mass is 16.5. The average molecular weight is 379 g/mol. The van der Waals surface area contributed by atoms with Gasteiger partial charge in [-0.15, -0.1) is 0 Å². The molecule has 2 fully saturated rings. The zero-order valence-corrected chi connectivity index (χ0v) is 16.0. The SMILES string of the molecule is COc1ccc(NC(=O)C2CC3CCCCC3N2C(=O)c2ccccc2)cn1. The van der Waals surface area contributed by atoms with E-state index in [4.69, 9.17) is 4.74 Å². The molecular formula is C22H25N3O3. The van der Waals surface area contributed by atoms with Gasteiger partial charge in [0.1, 0.15) is 6.04 Å². The lowest BCUT2D eigenvalue weighted by atomic mass is 9.84. The summed E-state index contributed by atoms with van der Waals surface area (Å²) in [5, 5.41) is 2.93. The molecule has 1 aliphatic carbocycles. The largest absolute Gasteiger partial charge is 0.481 e. The molecule has 2 heterocycles. The van der Waals surface area contributed by atoms with Crippen LogP contribution in [0.3, 0.4) is 0 Å². The summed E-state index contributed by atoms with van der Waals surface area (Å²) in [6, 6.07) is 12.4. The van der Waals surface area contributed by atoms with Crippen LogP contribution < -0.4 is 10.1 Å². The number of fused-ring (bicyclic) bond motifs is 1. The molecule has 146 valence electrons. The quantitative estimate of drug-likeness (QED) is 0.883. The minimum absolute atomic E-state index is 0.0528. The molecule has 4 rings (SSSR count). The van der Waals surface area contributed by atoms with Gasteiger partial charge in [-0.25, -0.2) is 4.98 Å². The van der Waals surface area contributed by atoms with Crippen LogP contribution in [-0.2, 0) is 4.79 Å². The zero-order valence-electron chi connectivity index (χ0n) is 16.0. The van der Waals surface area contributed by atoms with Crippen molar-refractivity contribution in [2.45, 2.75) is 44.2 Å². The second kappa shape index (κ2) is 8.00. The van der Waals surface area contributed by atoms with Crippen molar-refractivity contribution < 1.29 is 14.3 Å². The van der Waals surface area contributed by atoms with Crippen LogP contribution in [0.1, 0.15) is 42.5 Å². The Morgan fingerprint density at radius 2 is 1.89 bits per heavy atom. The number of nitrogens with zero attached hydrogens (tertiary/aromatic N) is 2. The van der Waals surface area contributed by atoms with E-state index in [-0.39, 0.29) is 17.9 Å². The van der Waals surface area contributed by atoms with Crippen molar-refractivity contribution in [3.63, 3.8) is 0 Å². The van der Waals surface area contributed by atoms with Crippen molar-refractivity contribution in [2.75, 3.05) is 12.4 Å². The molecule has 0 radical (unpaired) electrons. The van der Waals surface area contributed by atoms with Crippen LogP contribution in [0, 0.1) is 5.92 Å². The molecule has 6 nitrogen and oxygen atoms in total. The van der Waals surface area contributed by atoms with Crippen LogP contribution in [0.4, 0.5) is 5.69 Å². The third-order valence-electron chi connectivity index (χ3n) is 5.86. The number of benzene rings is 1. The summed E-state index contributed by atoms with van der Waals surface area (Å²) in [5.74, 6) is 0.686. The lowest BCUT2D eigenvalue weighted by Crippen LogP contribution is -2.47. The third kappa shape index (κ3) is 3.59. The van der Waals surface area contributed by atoms with E-state index in [0.29, 0.717) is 23.0 Å². The van der Waals surface area contributed by atoms with Gasteiger partial charge in [0.05, 0.1) is 19.0 Å². The minimum atomic E-state index is -0.456. The highest BCUT2D eigenvalue weighted by molar-refractivity contribution is 6.01. The van der Waals surface area contributed by atoms with E-state index in [1.165, 1.54) is 6.42 Å². The first-order valence-corrected chi connectivity index (χ1v) is 9.86. The van der Waals surface area contributed by atoms with Gasteiger partial charge in [0.15, 0.2) is 0 Å². The van der Waals surface area contributed by atoms with E-state index in [1.807, 2.05) is 35.2 Å². The van der Waals surface area contributed by atoms with E-state index in [2.05, 4.69) is 10.3 Å². The predicted octanol–water partition coefficient (Wildman–Crippen LogP) is 3.50. The first-order chi connectivity index (χ1) is 13.7. The Bertz CT molecular complexity index is 838. The minimum Gasteiger partial charge on any atom is -0.481 e. The first-order valence-electron chi connectivity index (χ1n) is 9.86. The summed E-state index contributed by atoms with van der Waals surface area (Å²) in [7, 11) is 1.55. The van der Waals surface area contributed by atoms with E-state index < -0.39 is 6.04 Å². The van der Waals surface area contributed by atoms with E-state index in [0.717, 1.165) is 25.7 Å². The van der Waals surface area contributed by atoms with Gasteiger partial charge in [-0.3, -0.25) is 9.59 Å². The second-order valence-corrected chi connectivity index (χ2v) is 7.52. The molecule has 1 saturated heterocycles. The van der Waals surface area contributed by atoms with Crippen molar-refractivity contribution in [1.29, 1.82) is 0 Å². The summed E-state index contributed by atoms with van der Waals surface area (Å²) in [5.41, 5.74) is 1.24. The van der Waals surface area contributed by atoms with E-state index in [1.54, 1.807) is 25.4 Å². The Morgan fingerprint density at radius 1 is 1.11 bits per heavy atom. The molecule has 1 saturated carbocycles. The van der Waals surface area contributed by atoms with Crippen molar-refractivity contribution in [3.8, 4) is 5.88 Å². The maximum absolute atomic E-state index is 13.3. The lowest BCUT2D eigenvalue weighted by Gasteiger charge is -2.33. The summed E-state index contributed by atoms with van der Waals surface area (Å²) in [4.78, 5) is 32.3. The van der Waals surface area contributed by atoms with Crippen molar-refractivity contribution >= 4 is 17.5 Å². The number of hydrogen-bond acceptors (Lipinski definition) is 4. The number of carbonyl (C=O) groups is 2. The number of amides is 2. The van der Waals surface area contributed by atoms with Crippen LogP contribution in [0.25, 0.3) is 0 Å². The highest BCUT2D eigenvalue weighted by Crippen LogP contribution is 2.40. The van der Waals surface area contributed by atoms with Crippen LogP contribution in [-0.4, -0.2) is 40.9 Å². The number of aromatic nitrogens is 1. The van der Waals surface area contributed by atoms with Gasteiger partial charge in [-0.1, -0.05) is 31.0 Å². The second-order valence-electron chi connectivity index (χ2n) is 7.52. The summed E-state index contributed by atoms with van der Waals surface area (Å²) in [6.45, 7) is 0. The molecule has 1 N–H and O–H groups in total. The molecule has 2 amide bonds. The summed E-state index contributed by atoms with van der Waals surface area (Å²) >= 11 is 0. The topological polar surface area (TPSA) is 71.5 Å². The Kier molecular flexibility index (Phi) is 5.28. The third-order valence-corrected chi connectivity index (χ3v) is 5.86. The maximum atomic E-state index is 13.3.